The molecule has 127 heavy (non-hydrogen) atoms. The predicted molar refractivity (Wildman–Crippen MR) is 459 cm³/mol. The summed E-state index contributed by atoms with van der Waals surface area (Å²) in [6.45, 7) is 14.9. The molecule has 3 aliphatic carbocycles. The molecule has 3 aromatic rings. The average molecular weight is 1770 g/mol. The van der Waals surface area contributed by atoms with Crippen LogP contribution in [-0.4, -0.2) is 311 Å². The molecule has 9 aliphatic rings. The fourth-order valence-electron chi connectivity index (χ4n) is 17.7. The number of carbonyl (C=O) groups is 12. The van der Waals surface area contributed by atoms with Crippen LogP contribution in [0.4, 0.5) is 0 Å². The maximum Gasteiger partial charge on any atom is 0.246 e. The van der Waals surface area contributed by atoms with Gasteiger partial charge in [-0.05, 0) is 183 Å². The SMILES string of the molecule is COc1ccc(C(O)C(NC(=O)C(C)NC(=O)CN2CCOCC2)C(=O)NC(CC2CCC(C3CCC=C(CC(NC(=O)C(NC(=O)C(C)NC(=O)CN4CCOCC4)C(O)c4ccc(OC)c(-c5cc(C(O)C(NC(=O)C(C)NC(=O)CN6CCOCC6)C(=O)NC(CC6=CCCC6)C(=O)C6(C)CO6)ccc5OC)c4)C(=O)C4(C)CO4)C3)C2)C(=O)C2(C)CO2)cc1. The van der Waals surface area contributed by atoms with E-state index in [0.717, 1.165) is 36.8 Å². The summed E-state index contributed by atoms with van der Waals surface area (Å²) >= 11 is 0. The third-order valence-electron chi connectivity index (χ3n) is 25.9. The molecule has 694 valence electrons. The lowest BCUT2D eigenvalue weighted by Crippen LogP contribution is -2.58. The van der Waals surface area contributed by atoms with Crippen molar-refractivity contribution < 1.29 is 115 Å². The van der Waals surface area contributed by atoms with Crippen LogP contribution in [0.5, 0.6) is 17.2 Å². The molecule has 1 saturated carbocycles. The van der Waals surface area contributed by atoms with E-state index in [0.29, 0.717) is 117 Å². The Bertz CT molecular complexity index is 4520. The number of Topliss-reactive ketones (excluding diaryl/α,β-unsaturated/α-hetero) is 3. The topological polar surface area (TPSA) is 476 Å². The van der Waals surface area contributed by atoms with Gasteiger partial charge in [-0.1, -0.05) is 54.0 Å². The van der Waals surface area contributed by atoms with Gasteiger partial charge >= 0.3 is 0 Å². The Morgan fingerprint density at radius 1 is 0.433 bits per heavy atom. The van der Waals surface area contributed by atoms with E-state index in [1.807, 2.05) is 26.9 Å². The van der Waals surface area contributed by atoms with Gasteiger partial charge in [0.25, 0.3) is 0 Å². The van der Waals surface area contributed by atoms with Crippen molar-refractivity contribution in [2.45, 2.75) is 208 Å². The second-order valence-corrected chi connectivity index (χ2v) is 35.6. The lowest BCUT2D eigenvalue weighted by Gasteiger charge is -2.32. The summed E-state index contributed by atoms with van der Waals surface area (Å²) < 4.78 is 50.5. The monoisotopic (exact) mass is 1770 g/mol. The number of epoxide rings is 3. The minimum Gasteiger partial charge on any atom is -0.497 e. The number of methoxy groups -OCH3 is 3. The van der Waals surface area contributed by atoms with Crippen molar-refractivity contribution in [2.75, 3.05) is 140 Å². The molecule has 12 N–H and O–H groups in total. The standard InChI is InChI=1S/C91H126N12O24/c1-52(92-71(104)46-101-27-33-122-34-28-101)83(113)98-74(77(107)58-19-23-63(119-7)24-20-58)86(116)97-68(82(112)91(6)51-127-91)43-57-17-18-60(40-57)59-16-12-15-56(39-59)42-67(81(111)90(5)50-126-90)96-88(118)76(100-85(115)54(3)94-73(106)48-103-31-37-124-38-32-103)79(109)62-22-26-70(121-9)65(45-62)64-44-61(21-25-69(64)120-8)78(108)75(99-84(114)53(2)93-72(105)47-102-29-35-123-36-30-102)87(117)95-66(41-55-13-10-11-14-55)80(110)89(4)49-125-89/h13,15,19-26,44-45,52-54,57,59-60,66-68,74-79,107-109H,10-12,14,16-18,27-43,46-51H2,1-9H3,(H,92,104)(H,93,105)(H,94,106)(H,95,117)(H,96,118)(H,97,116)(H,98,113)(H,99,114)(H,100,115). The molecule has 18 unspecified atom stereocenters. The van der Waals surface area contributed by atoms with Crippen LogP contribution < -0.4 is 62.1 Å². The molecule has 36 heteroatoms. The van der Waals surface area contributed by atoms with Gasteiger partial charge < -0.3 is 106 Å². The lowest BCUT2D eigenvalue weighted by molar-refractivity contribution is -0.136. The van der Waals surface area contributed by atoms with Crippen molar-refractivity contribution in [3.05, 3.63) is 101 Å². The van der Waals surface area contributed by atoms with Crippen molar-refractivity contribution in [3.8, 4) is 28.4 Å². The number of aliphatic hydroxyl groups excluding tert-OH is 3. The van der Waals surface area contributed by atoms with E-state index in [9.17, 15) is 63.3 Å². The van der Waals surface area contributed by atoms with E-state index in [4.69, 9.17) is 42.6 Å². The maximum absolute atomic E-state index is 15.6. The molecule has 12 rings (SSSR count). The Labute approximate surface area is 739 Å². The third-order valence-corrected chi connectivity index (χ3v) is 25.9. The first kappa shape index (κ1) is 96.4. The number of hydrogen-bond donors (Lipinski definition) is 12. The zero-order valence-corrected chi connectivity index (χ0v) is 74.1. The normalized spacial score (nSPS) is 25.2. The molecule has 9 amide bonds. The van der Waals surface area contributed by atoms with Crippen molar-refractivity contribution in [1.82, 2.24) is 62.6 Å². The van der Waals surface area contributed by atoms with Gasteiger partial charge in [0.1, 0.15) is 88.6 Å². The van der Waals surface area contributed by atoms with Crippen molar-refractivity contribution in [2.24, 2.45) is 17.8 Å². The van der Waals surface area contributed by atoms with Gasteiger partial charge in [0, 0.05) is 50.4 Å². The van der Waals surface area contributed by atoms with Crippen molar-refractivity contribution in [3.63, 3.8) is 0 Å². The van der Waals surface area contributed by atoms with Gasteiger partial charge in [-0.25, -0.2) is 0 Å². The molecular weight excluding hydrogens is 1650 g/mol. The first-order valence-electron chi connectivity index (χ1n) is 44.3. The van der Waals surface area contributed by atoms with E-state index in [2.05, 4.69) is 47.9 Å². The highest BCUT2D eigenvalue weighted by Gasteiger charge is 2.54. The zero-order valence-electron chi connectivity index (χ0n) is 74.1. The van der Waals surface area contributed by atoms with E-state index in [1.165, 1.54) is 78.5 Å². The number of aliphatic hydroxyl groups is 3. The summed E-state index contributed by atoms with van der Waals surface area (Å²) in [5, 5.41) is 62.5. The number of benzene rings is 3. The Hall–Kier alpha value is -9.70. The zero-order chi connectivity index (χ0) is 91.0. The van der Waals surface area contributed by atoms with E-state index in [1.54, 1.807) is 45.0 Å². The van der Waals surface area contributed by atoms with E-state index in [-0.39, 0.29) is 122 Å². The van der Waals surface area contributed by atoms with Crippen LogP contribution in [0.3, 0.4) is 0 Å². The molecule has 0 aromatic heterocycles. The number of hydrogen-bond acceptors (Lipinski definition) is 27. The summed E-state index contributed by atoms with van der Waals surface area (Å²) in [6.07, 6.45) is 5.18. The highest BCUT2D eigenvalue weighted by atomic mass is 16.6. The fraction of sp³-hybridized carbons (Fsp3) is 0.626. The van der Waals surface area contributed by atoms with Crippen molar-refractivity contribution >= 4 is 70.5 Å². The molecule has 6 aliphatic heterocycles. The molecule has 3 aromatic carbocycles. The number of nitrogens with zero attached hydrogens (tertiary/aromatic N) is 3. The largest absolute Gasteiger partial charge is 0.497 e. The number of allylic oxidation sites excluding steroid dienone is 2. The Balaban J connectivity index is 0.777. The van der Waals surface area contributed by atoms with Gasteiger partial charge in [0.15, 0.2) is 17.3 Å². The van der Waals surface area contributed by atoms with E-state index >= 15 is 9.59 Å². The smallest absolute Gasteiger partial charge is 0.246 e. The van der Waals surface area contributed by atoms with Crippen LogP contribution in [0.15, 0.2) is 84.0 Å². The van der Waals surface area contributed by atoms with E-state index < -0.39 is 154 Å². The molecule has 18 atom stereocenters. The van der Waals surface area contributed by atoms with Crippen LogP contribution in [0.1, 0.15) is 154 Å². The number of carbonyl (C=O) groups excluding carboxylic acids is 12. The highest BCUT2D eigenvalue weighted by Crippen LogP contribution is 2.46. The first-order chi connectivity index (χ1) is 60.7. The van der Waals surface area contributed by atoms with Crippen LogP contribution in [0.25, 0.3) is 11.1 Å². The van der Waals surface area contributed by atoms with Crippen molar-refractivity contribution in [1.29, 1.82) is 0 Å². The van der Waals surface area contributed by atoms with Gasteiger partial charge in [-0.15, -0.1) is 0 Å². The summed E-state index contributed by atoms with van der Waals surface area (Å²) in [7, 11) is 4.23. The number of ketones is 3. The number of amides is 9. The minimum absolute atomic E-state index is 0.00101. The summed E-state index contributed by atoms with van der Waals surface area (Å²) in [6, 6.07) is 2.51. The lowest BCUT2D eigenvalue weighted by atomic mass is 9.76. The highest BCUT2D eigenvalue weighted by molar-refractivity contribution is 6.02. The van der Waals surface area contributed by atoms with Crippen LogP contribution in [-0.2, 0) is 86.0 Å². The summed E-state index contributed by atoms with van der Waals surface area (Å²) in [5.41, 5.74) is -1.27. The summed E-state index contributed by atoms with van der Waals surface area (Å²) in [4.78, 5) is 178. The molecule has 6 heterocycles. The number of ether oxygens (including phenoxy) is 9. The van der Waals surface area contributed by atoms with Crippen LogP contribution in [0, 0.1) is 17.8 Å². The second kappa shape index (κ2) is 43.6. The quantitative estimate of drug-likeness (QED) is 0.0278. The second-order valence-electron chi connectivity index (χ2n) is 35.6. The Morgan fingerprint density at radius 2 is 0.803 bits per heavy atom. The van der Waals surface area contributed by atoms with Gasteiger partial charge in [-0.3, -0.25) is 72.2 Å². The Morgan fingerprint density at radius 3 is 1.18 bits per heavy atom. The van der Waals surface area contributed by atoms with Crippen LogP contribution in [0.2, 0.25) is 0 Å². The van der Waals surface area contributed by atoms with Gasteiger partial charge in [0.2, 0.25) is 53.2 Å². The molecule has 0 radical (unpaired) electrons. The molecular formula is C91H126N12O24. The average Bonchev–Trinajstić information content (AvgIpc) is 1.76. The maximum atomic E-state index is 15.6. The molecule has 6 saturated heterocycles. The molecule has 7 fully saturated rings. The Kier molecular flexibility index (Phi) is 33.1. The van der Waals surface area contributed by atoms with Gasteiger partial charge in [0.05, 0.1) is 119 Å². The molecule has 0 bridgehead atoms. The third kappa shape index (κ3) is 25.7. The van der Waals surface area contributed by atoms with Gasteiger partial charge in [-0.2, -0.15) is 0 Å². The number of rotatable bonds is 44. The minimum atomic E-state index is -1.96. The summed E-state index contributed by atoms with van der Waals surface area (Å²) in [5.74, 6) is -7.06. The molecule has 36 nitrogen and oxygen atoms in total. The number of nitrogens with one attached hydrogen (secondary N) is 9. The predicted octanol–water partition coefficient (Wildman–Crippen LogP) is 1.10. The van der Waals surface area contributed by atoms with Crippen LogP contribution >= 0.6 is 0 Å². The molecule has 0 spiro atoms. The number of morpholine rings is 3. The first-order valence-corrected chi connectivity index (χ1v) is 44.3. The fourth-order valence-corrected chi connectivity index (χ4v) is 17.7.